The molecule has 2 aliphatic heterocycles. The lowest BCUT2D eigenvalue weighted by Gasteiger charge is -2.20. The smallest absolute Gasteiger partial charge is 0.134 e. The number of nitrogens with zero attached hydrogens (tertiary/aromatic N) is 2. The molecule has 3 aliphatic rings. The minimum Gasteiger partial charge on any atom is -0.374 e. The summed E-state index contributed by atoms with van der Waals surface area (Å²) >= 11 is 0. The summed E-state index contributed by atoms with van der Waals surface area (Å²) < 4.78 is 5.96. The Morgan fingerprint density at radius 1 is 1.25 bits per heavy atom. The molecule has 4 nitrogen and oxygen atoms in total. The highest BCUT2D eigenvalue weighted by Crippen LogP contribution is 2.43. The van der Waals surface area contributed by atoms with Gasteiger partial charge in [0.1, 0.15) is 5.82 Å². The van der Waals surface area contributed by atoms with Crippen LogP contribution in [0.5, 0.6) is 0 Å². The SMILES string of the molecule is CNC1CCCCc2nc(C3CC4CCC3O4)ncc21. The number of nitrogens with one attached hydrogen (secondary N) is 1. The van der Waals surface area contributed by atoms with E-state index in [-0.39, 0.29) is 0 Å². The van der Waals surface area contributed by atoms with Gasteiger partial charge in [-0.25, -0.2) is 9.97 Å². The Labute approximate surface area is 120 Å². The molecular formula is C16H23N3O. The van der Waals surface area contributed by atoms with E-state index < -0.39 is 0 Å². The number of rotatable bonds is 2. The number of ether oxygens (including phenoxy) is 1. The Hall–Kier alpha value is -1.00. The van der Waals surface area contributed by atoms with Crippen LogP contribution < -0.4 is 5.32 Å². The molecule has 108 valence electrons. The van der Waals surface area contributed by atoms with Crippen LogP contribution in [-0.4, -0.2) is 29.2 Å². The molecule has 0 spiro atoms. The first-order valence-corrected chi connectivity index (χ1v) is 8.03. The molecule has 1 aliphatic carbocycles. The third-order valence-corrected chi connectivity index (χ3v) is 5.24. The molecule has 1 N–H and O–H groups in total. The molecule has 1 aromatic heterocycles. The quantitative estimate of drug-likeness (QED) is 0.841. The van der Waals surface area contributed by atoms with Gasteiger partial charge in [0.2, 0.25) is 0 Å². The van der Waals surface area contributed by atoms with Gasteiger partial charge in [-0.2, -0.15) is 0 Å². The maximum absolute atomic E-state index is 5.96. The number of hydrogen-bond donors (Lipinski definition) is 1. The number of fused-ring (bicyclic) bond motifs is 3. The largest absolute Gasteiger partial charge is 0.374 e. The molecule has 4 heteroatoms. The summed E-state index contributed by atoms with van der Waals surface area (Å²) in [4.78, 5) is 9.64. The van der Waals surface area contributed by atoms with Crippen molar-refractivity contribution < 1.29 is 4.74 Å². The van der Waals surface area contributed by atoms with Crippen molar-refractivity contribution in [2.75, 3.05) is 7.05 Å². The summed E-state index contributed by atoms with van der Waals surface area (Å²) in [6, 6.07) is 0.429. The maximum Gasteiger partial charge on any atom is 0.134 e. The van der Waals surface area contributed by atoms with Gasteiger partial charge >= 0.3 is 0 Å². The van der Waals surface area contributed by atoms with Gasteiger partial charge in [-0.15, -0.1) is 0 Å². The van der Waals surface area contributed by atoms with Crippen molar-refractivity contribution >= 4 is 0 Å². The van der Waals surface area contributed by atoms with Crippen molar-refractivity contribution in [1.29, 1.82) is 0 Å². The second-order valence-corrected chi connectivity index (χ2v) is 6.43. The number of aryl methyl sites for hydroxylation is 1. The van der Waals surface area contributed by atoms with Crippen LogP contribution in [0.3, 0.4) is 0 Å². The van der Waals surface area contributed by atoms with Gasteiger partial charge < -0.3 is 10.1 Å². The van der Waals surface area contributed by atoms with E-state index in [0.29, 0.717) is 24.2 Å². The summed E-state index contributed by atoms with van der Waals surface area (Å²) in [6.07, 6.45) is 11.3. The zero-order valence-electron chi connectivity index (χ0n) is 12.1. The van der Waals surface area contributed by atoms with Crippen molar-refractivity contribution in [2.45, 2.75) is 69.1 Å². The molecular weight excluding hydrogens is 250 g/mol. The van der Waals surface area contributed by atoms with E-state index in [2.05, 4.69) is 11.5 Å². The summed E-state index contributed by atoms with van der Waals surface area (Å²) in [7, 11) is 2.04. The summed E-state index contributed by atoms with van der Waals surface area (Å²) in [5, 5.41) is 3.41. The standard InChI is InChI=1S/C16H23N3O/c1-17-13-4-2-3-5-14-12(13)9-18-16(19-14)11-8-10-6-7-15(11)20-10/h9-11,13,15,17H,2-8H2,1H3. The normalized spacial score (nSPS) is 35.9. The van der Waals surface area contributed by atoms with E-state index in [1.54, 1.807) is 0 Å². The van der Waals surface area contributed by atoms with Gasteiger partial charge in [0, 0.05) is 29.4 Å². The predicted octanol–water partition coefficient (Wildman–Crippen LogP) is 2.50. The van der Waals surface area contributed by atoms with Crippen LogP contribution in [0.2, 0.25) is 0 Å². The summed E-state index contributed by atoms with van der Waals surface area (Å²) in [5.41, 5.74) is 2.59. The molecule has 4 atom stereocenters. The minimum absolute atomic E-state index is 0.379. The molecule has 20 heavy (non-hydrogen) atoms. The van der Waals surface area contributed by atoms with Crippen molar-refractivity contribution in [3.8, 4) is 0 Å². The van der Waals surface area contributed by atoms with Gasteiger partial charge in [0.05, 0.1) is 12.2 Å². The fraction of sp³-hybridized carbons (Fsp3) is 0.750. The molecule has 4 unspecified atom stereocenters. The van der Waals surface area contributed by atoms with E-state index in [0.717, 1.165) is 18.7 Å². The van der Waals surface area contributed by atoms with E-state index >= 15 is 0 Å². The highest BCUT2D eigenvalue weighted by molar-refractivity contribution is 5.25. The molecule has 2 saturated heterocycles. The molecule has 2 fully saturated rings. The van der Waals surface area contributed by atoms with Crippen LogP contribution in [0.1, 0.15) is 67.6 Å². The highest BCUT2D eigenvalue weighted by atomic mass is 16.5. The van der Waals surface area contributed by atoms with Gasteiger partial charge in [-0.3, -0.25) is 0 Å². The average molecular weight is 273 g/mol. The maximum atomic E-state index is 5.96. The molecule has 0 radical (unpaired) electrons. The molecule has 3 heterocycles. The van der Waals surface area contributed by atoms with Crippen molar-refractivity contribution in [2.24, 2.45) is 0 Å². The third-order valence-electron chi connectivity index (χ3n) is 5.24. The Morgan fingerprint density at radius 3 is 2.95 bits per heavy atom. The number of aromatic nitrogens is 2. The van der Waals surface area contributed by atoms with Gasteiger partial charge in [0.25, 0.3) is 0 Å². The first-order valence-electron chi connectivity index (χ1n) is 8.03. The van der Waals surface area contributed by atoms with E-state index in [9.17, 15) is 0 Å². The topological polar surface area (TPSA) is 47.0 Å². The van der Waals surface area contributed by atoms with Crippen molar-refractivity contribution in [1.82, 2.24) is 15.3 Å². The van der Waals surface area contributed by atoms with E-state index in [1.807, 2.05) is 7.05 Å². The second kappa shape index (κ2) is 5.08. The lowest BCUT2D eigenvalue weighted by molar-refractivity contribution is 0.0998. The molecule has 4 rings (SSSR count). The average Bonchev–Trinajstić information content (AvgIpc) is 3.05. The molecule has 0 saturated carbocycles. The fourth-order valence-electron chi connectivity index (χ4n) is 4.12. The first-order chi connectivity index (χ1) is 9.85. The van der Waals surface area contributed by atoms with Crippen LogP contribution >= 0.6 is 0 Å². The summed E-state index contributed by atoms with van der Waals surface area (Å²) in [5.74, 6) is 1.48. The van der Waals surface area contributed by atoms with Crippen LogP contribution in [0.4, 0.5) is 0 Å². The molecule has 2 bridgehead atoms. The zero-order chi connectivity index (χ0) is 13.5. The molecule has 1 aromatic rings. The second-order valence-electron chi connectivity index (χ2n) is 6.43. The van der Waals surface area contributed by atoms with Crippen molar-refractivity contribution in [3.05, 3.63) is 23.3 Å². The Kier molecular flexibility index (Phi) is 3.23. The van der Waals surface area contributed by atoms with E-state index in [1.165, 1.54) is 43.4 Å². The highest BCUT2D eigenvalue weighted by Gasteiger charge is 2.43. The van der Waals surface area contributed by atoms with E-state index in [4.69, 9.17) is 14.7 Å². The lowest BCUT2D eigenvalue weighted by atomic mass is 9.88. The Balaban J connectivity index is 1.65. The van der Waals surface area contributed by atoms with Crippen LogP contribution in [-0.2, 0) is 11.2 Å². The van der Waals surface area contributed by atoms with Gasteiger partial charge in [-0.05, 0) is 45.6 Å². The lowest BCUT2D eigenvalue weighted by Crippen LogP contribution is -2.21. The minimum atomic E-state index is 0.379. The fourth-order valence-corrected chi connectivity index (χ4v) is 4.12. The number of hydrogen-bond acceptors (Lipinski definition) is 4. The third kappa shape index (κ3) is 2.06. The Morgan fingerprint density at radius 2 is 2.20 bits per heavy atom. The Bertz CT molecular complexity index is 504. The van der Waals surface area contributed by atoms with Crippen molar-refractivity contribution in [3.63, 3.8) is 0 Å². The molecule has 0 amide bonds. The molecule has 0 aromatic carbocycles. The van der Waals surface area contributed by atoms with Gasteiger partial charge in [0.15, 0.2) is 0 Å². The van der Waals surface area contributed by atoms with Crippen LogP contribution in [0, 0.1) is 0 Å². The van der Waals surface area contributed by atoms with Crippen LogP contribution in [0.15, 0.2) is 6.20 Å². The zero-order valence-corrected chi connectivity index (χ0v) is 12.1. The summed E-state index contributed by atoms with van der Waals surface area (Å²) in [6.45, 7) is 0. The predicted molar refractivity (Wildman–Crippen MR) is 76.6 cm³/mol. The van der Waals surface area contributed by atoms with Gasteiger partial charge in [-0.1, -0.05) is 6.42 Å². The monoisotopic (exact) mass is 273 g/mol. The first kappa shape index (κ1) is 12.7. The van der Waals surface area contributed by atoms with Crippen LogP contribution in [0.25, 0.3) is 0 Å².